The number of allylic oxidation sites excluding steroid dienone is 1. The van der Waals surface area contributed by atoms with Crippen LogP contribution in [-0.2, 0) is 6.54 Å². The first-order valence-electron chi connectivity index (χ1n) is 17.6. The number of hydrogen-bond acceptors (Lipinski definition) is 7. The van der Waals surface area contributed by atoms with Crippen molar-refractivity contribution in [3.05, 3.63) is 78.0 Å². The van der Waals surface area contributed by atoms with Gasteiger partial charge in [-0.15, -0.1) is 0 Å². The third-order valence-corrected chi connectivity index (χ3v) is 9.64. The number of aromatic nitrogens is 3. The Morgan fingerprint density at radius 3 is 2.54 bits per heavy atom. The van der Waals surface area contributed by atoms with Crippen LogP contribution in [0.1, 0.15) is 89.9 Å². The number of aliphatic hydroxyl groups is 1. The van der Waals surface area contributed by atoms with Crippen LogP contribution in [0.4, 0.5) is 16.3 Å². The maximum Gasteiger partial charge on any atom is 0.347 e. The Kier molecular flexibility index (Phi) is 11.6. The maximum absolute atomic E-state index is 13.2. The Balaban J connectivity index is 1.25. The number of urea groups is 1. The number of quaternary nitrogens is 1. The van der Waals surface area contributed by atoms with Gasteiger partial charge in [-0.05, 0) is 63.1 Å². The summed E-state index contributed by atoms with van der Waals surface area (Å²) in [6.45, 7) is 11.0. The van der Waals surface area contributed by atoms with Gasteiger partial charge in [-0.2, -0.15) is 15.1 Å². The van der Waals surface area contributed by atoms with Gasteiger partial charge in [0.1, 0.15) is 24.2 Å². The van der Waals surface area contributed by atoms with Gasteiger partial charge in [0.25, 0.3) is 0 Å². The molecular formula is C37H54N10O3+2. The Morgan fingerprint density at radius 2 is 1.84 bits per heavy atom. The van der Waals surface area contributed by atoms with Crippen LogP contribution >= 0.6 is 0 Å². The van der Waals surface area contributed by atoms with Gasteiger partial charge in [0.05, 0.1) is 31.4 Å². The number of rotatable bonds is 10. The molecule has 13 nitrogen and oxygen atoms in total. The minimum Gasteiger partial charge on any atom is -0.483 e. The number of carbonyl (C=O) groups excluding carboxylic acids is 1. The molecule has 1 saturated heterocycles. The van der Waals surface area contributed by atoms with Crippen LogP contribution < -0.4 is 31.0 Å². The molecule has 0 bridgehead atoms. The lowest BCUT2D eigenvalue weighted by molar-refractivity contribution is -0.552. The summed E-state index contributed by atoms with van der Waals surface area (Å²) >= 11 is 0. The molecule has 1 aromatic carbocycles. The fraction of sp³-hybridized carbons (Fsp3) is 0.486. The number of nitrogens with one attached hydrogen (secondary N) is 4. The Morgan fingerprint density at radius 1 is 1.12 bits per heavy atom. The highest BCUT2D eigenvalue weighted by Crippen LogP contribution is 2.39. The molecule has 4 atom stereocenters. The number of nitrogens with two attached hydrogens (primary N) is 2. The first-order valence-corrected chi connectivity index (χ1v) is 17.6. The number of amides is 2. The number of fused-ring (bicyclic) bond motifs is 1. The number of carbonyl (C=O) groups is 1. The zero-order chi connectivity index (χ0) is 36.0. The summed E-state index contributed by atoms with van der Waals surface area (Å²) in [5.41, 5.74) is 9.30. The third-order valence-electron chi connectivity index (χ3n) is 9.64. The molecular weight excluding hydrogens is 632 g/mol. The Labute approximate surface area is 294 Å². The molecule has 2 amide bonds. The maximum atomic E-state index is 13.2. The van der Waals surface area contributed by atoms with Crippen LogP contribution in [-0.4, -0.2) is 62.7 Å². The first kappa shape index (κ1) is 36.5. The molecule has 1 fully saturated rings. The largest absolute Gasteiger partial charge is 0.483 e. The quantitative estimate of drug-likeness (QED) is 0.0964. The second-order valence-corrected chi connectivity index (χ2v) is 14.5. The van der Waals surface area contributed by atoms with E-state index in [0.717, 1.165) is 48.9 Å². The van der Waals surface area contributed by atoms with Gasteiger partial charge in [0.2, 0.25) is 5.82 Å². The smallest absolute Gasteiger partial charge is 0.347 e. The fourth-order valence-corrected chi connectivity index (χ4v) is 6.78. The summed E-state index contributed by atoms with van der Waals surface area (Å²) in [6, 6.07) is 12.0. The number of nitrogens with zero attached hydrogens (tertiary/aromatic N) is 4. The molecule has 268 valence electrons. The number of nitrogen functional groups attached to an aromatic ring is 1. The highest BCUT2D eigenvalue weighted by Gasteiger charge is 2.34. The van der Waals surface area contributed by atoms with E-state index in [9.17, 15) is 9.90 Å². The SMILES string of the molecule is CC1CCCC(C)N1C(=N)[n+]1cc(OC2CCC(CNC(=O)NC(=CC(=N)C(C)(C)C)[NH2+]c3cnn(CCO)c3)c3ccccc32)ccc1N. The molecule has 3 aromatic rings. The standard InChI is InChI=1S/C37H52N10O3/c1-24-9-8-10-25(2)47(24)35(40)46-23-28(14-16-33(46)39)50-31-15-13-26(29-11-6-7-12-30(29)31)20-41-36(49)44-34(19-32(38)37(3,4)5)43-27-21-42-45(22-27)17-18-48/h6-7,11-12,14,16,19,21-26,31,39-40,48H,8-10,13,15,17-18,20H2,1-5H3,(H4,38,41,43,44,49)/p+2. The van der Waals surface area contributed by atoms with Gasteiger partial charge in [-0.1, -0.05) is 45.0 Å². The second kappa shape index (κ2) is 15.9. The van der Waals surface area contributed by atoms with Crippen molar-refractivity contribution in [2.45, 2.75) is 97.4 Å². The van der Waals surface area contributed by atoms with Gasteiger partial charge < -0.3 is 26.3 Å². The van der Waals surface area contributed by atoms with Crippen molar-refractivity contribution in [2.24, 2.45) is 5.41 Å². The number of benzene rings is 1. The van der Waals surface area contributed by atoms with Gasteiger partial charge in [-0.3, -0.25) is 20.2 Å². The first-order chi connectivity index (χ1) is 23.8. The molecule has 2 aliphatic rings. The average molecular weight is 687 g/mol. The van der Waals surface area contributed by atoms with E-state index in [-0.39, 0.29) is 36.7 Å². The predicted octanol–water partition coefficient (Wildman–Crippen LogP) is 3.89. The lowest BCUT2D eigenvalue weighted by Gasteiger charge is -2.36. The summed E-state index contributed by atoms with van der Waals surface area (Å²) in [5, 5.41) is 38.8. The van der Waals surface area contributed by atoms with E-state index in [2.05, 4.69) is 46.6 Å². The molecule has 3 heterocycles. The zero-order valence-electron chi connectivity index (χ0n) is 29.9. The normalized spacial score (nSPS) is 20.9. The van der Waals surface area contributed by atoms with Gasteiger partial charge in [0, 0.05) is 35.7 Å². The summed E-state index contributed by atoms with van der Waals surface area (Å²) in [7, 11) is 0. The second-order valence-electron chi connectivity index (χ2n) is 14.5. The summed E-state index contributed by atoms with van der Waals surface area (Å²) in [6.07, 6.45) is 11.6. The average Bonchev–Trinajstić information content (AvgIpc) is 3.51. The van der Waals surface area contributed by atoms with Crippen molar-refractivity contribution in [2.75, 3.05) is 18.9 Å². The molecule has 0 spiro atoms. The van der Waals surface area contributed by atoms with Gasteiger partial charge >= 0.3 is 12.0 Å². The molecule has 9 N–H and O–H groups in total. The number of anilines is 1. The lowest BCUT2D eigenvalue weighted by Crippen LogP contribution is -2.79. The van der Waals surface area contributed by atoms with E-state index < -0.39 is 5.41 Å². The van der Waals surface area contributed by atoms with Crippen molar-refractivity contribution in [3.8, 4) is 5.75 Å². The van der Waals surface area contributed by atoms with Crippen molar-refractivity contribution in [1.29, 1.82) is 10.8 Å². The van der Waals surface area contributed by atoms with E-state index >= 15 is 0 Å². The molecule has 0 radical (unpaired) electrons. The summed E-state index contributed by atoms with van der Waals surface area (Å²) < 4.78 is 9.94. The minimum absolute atomic E-state index is 0.0269. The van der Waals surface area contributed by atoms with Crippen LogP contribution in [0.3, 0.4) is 0 Å². The monoisotopic (exact) mass is 686 g/mol. The molecule has 1 aliphatic heterocycles. The third kappa shape index (κ3) is 8.88. The topological polar surface area (TPSA) is 186 Å². The van der Waals surface area contributed by atoms with Crippen molar-refractivity contribution >= 4 is 29.2 Å². The van der Waals surface area contributed by atoms with Crippen LogP contribution in [0.25, 0.3) is 0 Å². The fourth-order valence-electron chi connectivity index (χ4n) is 6.78. The molecule has 50 heavy (non-hydrogen) atoms. The van der Waals surface area contributed by atoms with Crippen LogP contribution in [0.15, 0.2) is 66.9 Å². The molecule has 4 unspecified atom stereocenters. The van der Waals surface area contributed by atoms with Crippen molar-refractivity contribution in [3.63, 3.8) is 0 Å². The van der Waals surface area contributed by atoms with Crippen LogP contribution in [0, 0.1) is 16.2 Å². The number of likely N-dealkylation sites (tertiary alicyclic amines) is 1. The number of piperidine rings is 1. The highest BCUT2D eigenvalue weighted by molar-refractivity contribution is 5.97. The number of hydrogen-bond donors (Lipinski definition) is 7. The van der Waals surface area contributed by atoms with E-state index in [1.165, 1.54) is 0 Å². The minimum atomic E-state index is -0.401. The number of aliphatic hydroxyl groups excluding tert-OH is 1. The predicted molar refractivity (Wildman–Crippen MR) is 193 cm³/mol. The number of ether oxygens (including phenoxy) is 1. The summed E-state index contributed by atoms with van der Waals surface area (Å²) in [5.74, 6) is 2.06. The van der Waals surface area contributed by atoms with Crippen molar-refractivity contribution < 1.29 is 24.5 Å². The Bertz CT molecular complexity index is 1700. The van der Waals surface area contributed by atoms with E-state index in [4.69, 9.17) is 21.3 Å². The van der Waals surface area contributed by atoms with E-state index in [1.807, 2.05) is 45.2 Å². The molecule has 1 aliphatic carbocycles. The summed E-state index contributed by atoms with van der Waals surface area (Å²) in [4.78, 5) is 15.4. The molecule has 13 heteroatoms. The van der Waals surface area contributed by atoms with Gasteiger partial charge in [0.15, 0.2) is 11.5 Å². The van der Waals surface area contributed by atoms with Gasteiger partial charge in [-0.25, -0.2) is 4.79 Å². The zero-order valence-corrected chi connectivity index (χ0v) is 29.9. The van der Waals surface area contributed by atoms with Crippen LogP contribution in [0.5, 0.6) is 5.75 Å². The number of pyridine rings is 1. The van der Waals surface area contributed by atoms with E-state index in [0.29, 0.717) is 42.1 Å². The molecule has 5 rings (SSSR count). The Hall–Kier alpha value is -4.75. The highest BCUT2D eigenvalue weighted by atomic mass is 16.5. The van der Waals surface area contributed by atoms with Crippen molar-refractivity contribution in [1.82, 2.24) is 25.3 Å². The van der Waals surface area contributed by atoms with E-state index in [1.54, 1.807) is 39.1 Å². The lowest BCUT2D eigenvalue weighted by atomic mass is 9.81. The van der Waals surface area contributed by atoms with Crippen LogP contribution in [0.2, 0.25) is 0 Å². The molecule has 2 aromatic heterocycles. The molecule has 0 saturated carbocycles.